The molecule has 3 aromatic rings. The second-order valence-corrected chi connectivity index (χ2v) is 16.3. The van der Waals surface area contributed by atoms with E-state index in [2.05, 4.69) is 60.4 Å². The SMILES string of the molecule is CCCCC(CC)CSc1nc2c(C(=O)OC3C(C(C)(C)C)CCCC3C(C)(C)C)c(-c3ccc(Cl)cc3)c(Cl)n2c(=O)[nH]1. The van der Waals surface area contributed by atoms with Crippen molar-refractivity contribution in [2.75, 3.05) is 5.75 Å². The highest BCUT2D eigenvalue weighted by atomic mass is 35.5. The van der Waals surface area contributed by atoms with E-state index in [1.807, 2.05) is 0 Å². The number of rotatable bonds is 10. The molecule has 0 radical (unpaired) electrons. The largest absolute Gasteiger partial charge is 0.458 e. The zero-order valence-corrected chi connectivity index (χ0v) is 29.9. The van der Waals surface area contributed by atoms with E-state index >= 15 is 0 Å². The number of hydrogen-bond donors (Lipinski definition) is 1. The molecule has 4 rings (SSSR count). The van der Waals surface area contributed by atoms with Gasteiger partial charge in [-0.2, -0.15) is 0 Å². The fraction of sp³-hybridized carbons (Fsp3) is 0.629. The predicted molar refractivity (Wildman–Crippen MR) is 184 cm³/mol. The number of unbranched alkanes of at least 4 members (excludes halogenated alkanes) is 1. The van der Waals surface area contributed by atoms with Crippen LogP contribution in [0.4, 0.5) is 0 Å². The van der Waals surface area contributed by atoms with Gasteiger partial charge in [0.1, 0.15) is 16.8 Å². The Balaban J connectivity index is 1.85. The molecule has 0 amide bonds. The molecule has 1 N–H and O–H groups in total. The third kappa shape index (κ3) is 7.70. The summed E-state index contributed by atoms with van der Waals surface area (Å²) in [7, 11) is 0. The van der Waals surface area contributed by atoms with Crippen LogP contribution in [0.5, 0.6) is 0 Å². The molecule has 3 unspecified atom stereocenters. The minimum Gasteiger partial charge on any atom is -0.458 e. The molecule has 0 saturated heterocycles. The van der Waals surface area contributed by atoms with Gasteiger partial charge in [-0.3, -0.25) is 4.98 Å². The van der Waals surface area contributed by atoms with Gasteiger partial charge in [-0.1, -0.05) is 128 Å². The van der Waals surface area contributed by atoms with Gasteiger partial charge in [0.05, 0.1) is 0 Å². The highest BCUT2D eigenvalue weighted by Crippen LogP contribution is 2.48. The first kappa shape index (κ1) is 34.9. The lowest BCUT2D eigenvalue weighted by atomic mass is 9.61. The van der Waals surface area contributed by atoms with Crippen LogP contribution in [0.3, 0.4) is 0 Å². The molecule has 1 fully saturated rings. The van der Waals surface area contributed by atoms with Gasteiger partial charge in [-0.25, -0.2) is 19.0 Å². The van der Waals surface area contributed by atoms with Crippen LogP contribution in [-0.4, -0.2) is 32.2 Å². The summed E-state index contributed by atoms with van der Waals surface area (Å²) in [6.07, 6.45) is 7.30. The summed E-state index contributed by atoms with van der Waals surface area (Å²) in [5.74, 6) is 1.21. The van der Waals surface area contributed by atoms with Crippen molar-refractivity contribution in [2.24, 2.45) is 28.6 Å². The van der Waals surface area contributed by atoms with Crippen LogP contribution in [0.25, 0.3) is 16.8 Å². The molecule has 44 heavy (non-hydrogen) atoms. The Morgan fingerprint density at radius 2 is 1.68 bits per heavy atom. The number of aromatic nitrogens is 3. The Kier molecular flexibility index (Phi) is 11.3. The zero-order valence-electron chi connectivity index (χ0n) is 27.6. The normalized spacial score (nSPS) is 20.2. The van der Waals surface area contributed by atoms with Gasteiger partial charge in [-0.15, -0.1) is 0 Å². The molecule has 9 heteroatoms. The third-order valence-electron chi connectivity index (χ3n) is 9.34. The average Bonchev–Trinajstić information content (AvgIpc) is 3.25. The number of H-pyrrole nitrogens is 1. The maximum Gasteiger partial charge on any atom is 0.342 e. The smallest absolute Gasteiger partial charge is 0.342 e. The lowest BCUT2D eigenvalue weighted by Gasteiger charge is -2.48. The van der Waals surface area contributed by atoms with E-state index in [1.54, 1.807) is 24.3 Å². The highest BCUT2D eigenvalue weighted by Gasteiger charge is 2.46. The maximum absolute atomic E-state index is 14.5. The number of nitrogens with one attached hydrogen (secondary N) is 1. The van der Waals surface area contributed by atoms with Crippen molar-refractivity contribution < 1.29 is 9.53 Å². The Labute approximate surface area is 277 Å². The molecule has 6 nitrogen and oxygen atoms in total. The van der Waals surface area contributed by atoms with Gasteiger partial charge in [0.15, 0.2) is 10.8 Å². The van der Waals surface area contributed by atoms with Crippen LogP contribution < -0.4 is 5.69 Å². The maximum atomic E-state index is 14.5. The van der Waals surface area contributed by atoms with Gasteiger partial charge in [0.2, 0.25) is 0 Å². The Morgan fingerprint density at radius 1 is 1.07 bits per heavy atom. The summed E-state index contributed by atoms with van der Waals surface area (Å²) in [5.41, 5.74) is 0.985. The molecule has 2 aromatic heterocycles. The first-order chi connectivity index (χ1) is 20.7. The first-order valence-corrected chi connectivity index (χ1v) is 17.8. The van der Waals surface area contributed by atoms with Crippen molar-refractivity contribution in [3.63, 3.8) is 0 Å². The second kappa shape index (κ2) is 14.2. The quantitative estimate of drug-likeness (QED) is 0.173. The second-order valence-electron chi connectivity index (χ2n) is 14.5. The van der Waals surface area contributed by atoms with Crippen LogP contribution in [0.1, 0.15) is 111 Å². The average molecular weight is 663 g/mol. The van der Waals surface area contributed by atoms with Gasteiger partial charge in [-0.05, 0) is 53.7 Å². The molecule has 0 bridgehead atoms. The highest BCUT2D eigenvalue weighted by molar-refractivity contribution is 7.99. The number of carbonyl (C=O) groups excluding carboxylic acids is 1. The minimum atomic E-state index is -0.502. The predicted octanol–water partition coefficient (Wildman–Crippen LogP) is 10.3. The van der Waals surface area contributed by atoms with Gasteiger partial charge in [0.25, 0.3) is 0 Å². The summed E-state index contributed by atoms with van der Waals surface area (Å²) < 4.78 is 7.90. The summed E-state index contributed by atoms with van der Waals surface area (Å²) in [4.78, 5) is 35.8. The first-order valence-electron chi connectivity index (χ1n) is 16.1. The van der Waals surface area contributed by atoms with Crippen LogP contribution in [0.15, 0.2) is 34.2 Å². The molecule has 0 aliphatic heterocycles. The Bertz CT molecular complexity index is 1480. The number of benzene rings is 1. The van der Waals surface area contributed by atoms with Crippen LogP contribution >= 0.6 is 35.0 Å². The molecule has 1 aromatic carbocycles. The van der Waals surface area contributed by atoms with E-state index < -0.39 is 11.7 Å². The summed E-state index contributed by atoms with van der Waals surface area (Å²) in [5, 5.41) is 1.16. The van der Waals surface area contributed by atoms with E-state index in [0.717, 1.165) is 44.3 Å². The molecule has 1 aliphatic rings. The van der Waals surface area contributed by atoms with E-state index in [9.17, 15) is 9.59 Å². The molecule has 1 saturated carbocycles. The molecule has 2 heterocycles. The number of fused-ring (bicyclic) bond motifs is 1. The van der Waals surface area contributed by atoms with Crippen LogP contribution in [0.2, 0.25) is 10.2 Å². The van der Waals surface area contributed by atoms with E-state index in [-0.39, 0.29) is 45.1 Å². The van der Waals surface area contributed by atoms with Crippen molar-refractivity contribution in [3.8, 4) is 11.1 Å². The van der Waals surface area contributed by atoms with Crippen molar-refractivity contribution >= 4 is 46.6 Å². The van der Waals surface area contributed by atoms with Gasteiger partial charge < -0.3 is 4.74 Å². The van der Waals surface area contributed by atoms with Gasteiger partial charge >= 0.3 is 11.7 Å². The fourth-order valence-electron chi connectivity index (χ4n) is 6.70. The number of hydrogen-bond acceptors (Lipinski definition) is 5. The molecule has 242 valence electrons. The van der Waals surface area contributed by atoms with Crippen molar-refractivity contribution in [1.82, 2.24) is 14.4 Å². The molecule has 1 aliphatic carbocycles. The molecular formula is C35H49Cl2N3O3S. The van der Waals surface area contributed by atoms with Crippen LogP contribution in [0, 0.1) is 28.6 Å². The Hall–Kier alpha value is -1.96. The summed E-state index contributed by atoms with van der Waals surface area (Å²) >= 11 is 14.7. The number of thioether (sulfide) groups is 1. The molecule has 3 atom stereocenters. The lowest BCUT2D eigenvalue weighted by molar-refractivity contribution is -0.0802. The number of esters is 1. The number of halogens is 2. The number of nitrogens with zero attached hydrogens (tertiary/aromatic N) is 2. The summed E-state index contributed by atoms with van der Waals surface area (Å²) in [6.45, 7) is 17.7. The van der Waals surface area contributed by atoms with E-state index in [0.29, 0.717) is 27.2 Å². The number of aromatic amines is 1. The third-order valence-corrected chi connectivity index (χ3v) is 11.1. The topological polar surface area (TPSA) is 76.5 Å². The Morgan fingerprint density at radius 3 is 2.23 bits per heavy atom. The number of carbonyl (C=O) groups is 1. The standard InChI is InChI=1S/C35H49Cl2N3O3S/c1-9-11-13-21(10-2)20-44-32-38-30-27(26(22-16-18-23(36)19-17-22)29(37)40(30)33(42)39-32)31(41)43-28-24(34(3,4)5)14-12-15-25(28)35(6,7)8/h16-19,21,24-25,28H,9-15,20H2,1-8H3,(H,38,39,42). The van der Waals surface area contributed by atoms with Crippen molar-refractivity contribution in [3.05, 3.63) is 50.5 Å². The lowest BCUT2D eigenvalue weighted by Crippen LogP contribution is -2.47. The van der Waals surface area contributed by atoms with E-state index in [4.69, 9.17) is 32.9 Å². The minimum absolute atomic E-state index is 0.0544. The van der Waals surface area contributed by atoms with Gasteiger partial charge in [0, 0.05) is 28.2 Å². The van der Waals surface area contributed by atoms with Crippen molar-refractivity contribution in [1.29, 1.82) is 0 Å². The van der Waals surface area contributed by atoms with Crippen LogP contribution in [-0.2, 0) is 4.74 Å². The molecular weight excluding hydrogens is 613 g/mol. The summed E-state index contributed by atoms with van der Waals surface area (Å²) in [6, 6.07) is 7.10. The molecule has 0 spiro atoms. The fourth-order valence-corrected chi connectivity index (χ4v) is 8.29. The zero-order chi connectivity index (χ0) is 32.4. The van der Waals surface area contributed by atoms with Crippen molar-refractivity contribution in [2.45, 2.75) is 112 Å². The number of ether oxygens (including phenoxy) is 1. The monoisotopic (exact) mass is 661 g/mol. The van der Waals surface area contributed by atoms with E-state index in [1.165, 1.54) is 22.6 Å².